The summed E-state index contributed by atoms with van der Waals surface area (Å²) >= 11 is 3.32. The number of ether oxygens (including phenoxy) is 2. The number of aromatic nitrogens is 5. The molecule has 5 heterocycles. The van der Waals surface area contributed by atoms with Gasteiger partial charge in [0.05, 0.1) is 44.6 Å². The molecule has 7 N–H and O–H groups in total. The lowest BCUT2D eigenvalue weighted by Gasteiger charge is -2.21. The Labute approximate surface area is 827 Å². The van der Waals surface area contributed by atoms with Crippen LogP contribution < -0.4 is 27.4 Å². The predicted octanol–water partition coefficient (Wildman–Crippen LogP) is 32.2. The zero-order chi connectivity index (χ0) is 91.7. The number of non-ortho nitro benzene ring substituents is 2. The van der Waals surface area contributed by atoms with Crippen LogP contribution in [0.4, 0.5) is 49.4 Å². The van der Waals surface area contributed by atoms with Crippen LogP contribution in [0.15, 0.2) is 199 Å². The number of hydrogen-bond acceptors (Lipinski definition) is 14. The minimum atomic E-state index is -0.510. The molecular formula is C117H145BrN12O8. The van der Waals surface area contributed by atoms with Crippen LogP contribution in [-0.2, 0) is 35.2 Å². The molecule has 1 unspecified atom stereocenters. The van der Waals surface area contributed by atoms with Gasteiger partial charge in [0.15, 0.2) is 0 Å². The normalized spacial score (nSPS) is 15.5. The molecule has 0 saturated heterocycles. The third-order valence-electron chi connectivity index (χ3n) is 25.4. The van der Waals surface area contributed by atoms with Gasteiger partial charge in [0.25, 0.3) is 11.4 Å². The number of carbonyl (C=O) groups excluding carboxylic acids is 2. The molecule has 6 fully saturated rings. The van der Waals surface area contributed by atoms with Crippen LogP contribution >= 0.6 is 15.9 Å². The zero-order valence-electron chi connectivity index (χ0n) is 76.6. The van der Waals surface area contributed by atoms with E-state index in [1.165, 1.54) is 182 Å². The molecule has 11 aliphatic carbocycles. The fourth-order valence-corrected chi connectivity index (χ4v) is 18.9. The third-order valence-corrected chi connectivity index (χ3v) is 26.1. The van der Waals surface area contributed by atoms with Crippen LogP contribution in [0.3, 0.4) is 0 Å². The second kappa shape index (κ2) is 45.5. The Kier molecular flexibility index (Phi) is 35.3. The fraction of sp³-hybridized carbons (Fsp3) is 0.376. The molecule has 2 amide bonds. The summed E-state index contributed by atoms with van der Waals surface area (Å²) in [6, 6.07) is 45.0. The molecular weight excluding hydrogens is 1780 g/mol. The number of hydrogen-bond donors (Lipinski definition) is 5. The van der Waals surface area contributed by atoms with Gasteiger partial charge >= 0.3 is 12.2 Å². The molecule has 728 valence electrons. The van der Waals surface area contributed by atoms with Crippen molar-refractivity contribution in [2.75, 3.05) is 34.0 Å². The van der Waals surface area contributed by atoms with E-state index in [4.69, 9.17) is 20.9 Å². The molecule has 12 aromatic rings. The van der Waals surface area contributed by atoms with Crippen molar-refractivity contribution in [2.24, 2.45) is 0 Å². The first-order valence-electron chi connectivity index (χ1n) is 46.5. The molecule has 0 bridgehead atoms. The number of nitrogens with zero attached hydrogens (tertiary/aromatic N) is 7. The largest absolute Gasteiger partial charge is 0.444 e. The SMILES string of the molecule is C.C.C.C.C.C.C.CC(C)(C)OC(=O)Nc1cc2c(c(C3CC3)c1)CC=C2.CCCNc1cc(C2CC2)c2c(ccn2-c2ccc(C)nc2)c1.Cc1ccc(-n2ccc3cc(N)cc(C4CC4)c32)cn1.Cc1ccc(C2C=Cc3cc(NC(=O)OC(C)(C)C)cc(C4CC4)c32)cn1.Nc1cc2c(c(C3CC3)c1)CC=C2.O=[N+]([O-])c1cc(Br)c2c(c1)C=CC2.O=[N+]([O-])c1cc2c(c(C3CC3)c1)CC=C2. The number of aryl methyl sites for hydroxylation is 3. The summed E-state index contributed by atoms with van der Waals surface area (Å²) < 4.78 is 16.1. The summed E-state index contributed by atoms with van der Waals surface area (Å²) in [6.07, 6.45) is 50.8. The Bertz CT molecular complexity index is 6540. The number of halogens is 1. The van der Waals surface area contributed by atoms with E-state index in [-0.39, 0.29) is 85.2 Å². The van der Waals surface area contributed by atoms with E-state index in [1.807, 2.05) is 111 Å². The molecule has 1 atom stereocenters. The van der Waals surface area contributed by atoms with Crippen molar-refractivity contribution in [3.05, 3.63) is 331 Å². The quantitative estimate of drug-likeness (QED) is 0.0342. The molecule has 5 aromatic heterocycles. The van der Waals surface area contributed by atoms with Crippen molar-refractivity contribution in [3.8, 4) is 11.4 Å². The standard InChI is InChI=1S/C23H26N2O2.C20H23N3.C17H17N3.C17H21NO2.C12H11NO2.C12H13N.C9H6BrNO2.7CH4/c1-14-5-6-17(13-24-14)19-10-9-16-11-18(25-22(26)27-23(2,3)4)12-20(21(16)19)15-7-8-15;1-3-9-21-17-11-16-8-10-23(18-7-4-14(2)22-13-18)20(16)19(12-17)15-5-6-15;1-11-2-5-15(10-19-11)20-7-6-13-8-14(18)9-16(17(13)20)12-3-4-12;1-17(2,3)20-16(19)18-13-9-12-5-4-6-14(12)15(10-13)11-7-8-11;14-13(15)10-6-9-2-1-3-11(9)12(7-10)8-4-5-8;13-10-6-9-2-1-3-11(9)12(7-10)8-4-5-8;10-9-5-7(11(12)13)4-6-2-1-3-8(6)9;;;;;;;/h5-6,9-13,15,19H,7-8H2,1-4H3,(H,25,26);4,7-8,10-13,15,21H,3,5-6,9H2,1-2H3;2,5-10,12H,3-4,18H2,1H3;4-5,9-11H,6-8H2,1-3H3,(H,18,19);1-2,6-8H,3-5H2;1-2,6-8H,3-5,13H2;1-2,4-5H,3H2;7*1H4. The maximum absolute atomic E-state index is 12.2. The van der Waals surface area contributed by atoms with Gasteiger partial charge in [-0.25, -0.2) is 9.59 Å². The van der Waals surface area contributed by atoms with Crippen LogP contribution in [0.25, 0.3) is 63.6 Å². The maximum Gasteiger partial charge on any atom is 0.412 e. The Morgan fingerprint density at radius 3 is 1.26 bits per heavy atom. The van der Waals surface area contributed by atoms with Crippen molar-refractivity contribution >= 4 is 120 Å². The number of benzene rings is 7. The van der Waals surface area contributed by atoms with Gasteiger partial charge in [-0.3, -0.25) is 45.8 Å². The number of amides is 2. The second-order valence-electron chi connectivity index (χ2n) is 38.6. The van der Waals surface area contributed by atoms with Crippen molar-refractivity contribution in [2.45, 2.75) is 283 Å². The summed E-state index contributed by atoms with van der Waals surface area (Å²) in [5, 5.41) is 33.1. The van der Waals surface area contributed by atoms with E-state index < -0.39 is 17.3 Å². The van der Waals surface area contributed by atoms with E-state index in [2.05, 4.69) is 215 Å². The average Bonchev–Trinajstić information content (AvgIpc) is 1.62. The fourth-order valence-electron chi connectivity index (χ4n) is 18.2. The summed E-state index contributed by atoms with van der Waals surface area (Å²) in [4.78, 5) is 58.0. The average molecular weight is 1930 g/mol. The molecule has 11 aliphatic rings. The van der Waals surface area contributed by atoms with Crippen molar-refractivity contribution < 1.29 is 28.9 Å². The maximum atomic E-state index is 12.2. The van der Waals surface area contributed by atoms with Crippen LogP contribution in [0.5, 0.6) is 0 Å². The molecule has 7 aromatic carbocycles. The number of rotatable bonds is 16. The van der Waals surface area contributed by atoms with Gasteiger partial charge in [-0.2, -0.15) is 0 Å². The van der Waals surface area contributed by atoms with E-state index in [0.717, 1.165) is 117 Å². The first kappa shape index (κ1) is 107. The first-order chi connectivity index (χ1) is 63.0. The first-order valence-corrected chi connectivity index (χ1v) is 47.3. The molecule has 20 nitrogen and oxygen atoms in total. The molecule has 21 heteroatoms. The Hall–Kier alpha value is -13.0. The summed E-state index contributed by atoms with van der Waals surface area (Å²) in [6.45, 7) is 20.5. The highest BCUT2D eigenvalue weighted by Gasteiger charge is 2.36. The number of pyridine rings is 3. The van der Waals surface area contributed by atoms with Gasteiger partial charge in [-0.15, -0.1) is 0 Å². The number of nitro benzene ring substituents is 2. The zero-order valence-corrected chi connectivity index (χ0v) is 78.1. The van der Waals surface area contributed by atoms with E-state index >= 15 is 0 Å². The van der Waals surface area contributed by atoms with Crippen molar-refractivity contribution in [1.29, 1.82) is 0 Å². The van der Waals surface area contributed by atoms with Crippen LogP contribution in [0.2, 0.25) is 0 Å². The van der Waals surface area contributed by atoms with Gasteiger partial charge in [-0.1, -0.05) is 142 Å². The molecule has 0 radical (unpaired) electrons. The Balaban J connectivity index is 0.000000167. The lowest BCUT2D eigenvalue weighted by molar-refractivity contribution is -0.385. The Morgan fingerprint density at radius 2 is 0.812 bits per heavy atom. The Morgan fingerprint density at radius 1 is 0.435 bits per heavy atom. The number of fused-ring (bicyclic) bond motifs is 7. The number of allylic oxidation sites excluding steroid dienone is 5. The number of nitro groups is 2. The minimum absolute atomic E-state index is 0. The topological polar surface area (TPSA) is 276 Å². The minimum Gasteiger partial charge on any atom is -0.444 e. The van der Waals surface area contributed by atoms with Crippen molar-refractivity contribution in [3.63, 3.8) is 0 Å². The number of nitrogens with one attached hydrogen (secondary N) is 3. The van der Waals surface area contributed by atoms with Crippen LogP contribution in [0, 0.1) is 41.0 Å². The van der Waals surface area contributed by atoms with Crippen LogP contribution in [0.1, 0.15) is 337 Å². The van der Waals surface area contributed by atoms with Gasteiger partial charge in [0.1, 0.15) is 11.2 Å². The predicted molar refractivity (Wildman–Crippen MR) is 582 cm³/mol. The third kappa shape index (κ3) is 26.3. The van der Waals surface area contributed by atoms with Gasteiger partial charge in [0, 0.05) is 116 Å². The number of carbonyl (C=O) groups is 2. The lowest BCUT2D eigenvalue weighted by Crippen LogP contribution is -2.27. The monoisotopic (exact) mass is 1930 g/mol. The molecule has 6 saturated carbocycles. The molecule has 0 spiro atoms. The van der Waals surface area contributed by atoms with Crippen molar-refractivity contribution in [1.82, 2.24) is 24.1 Å². The van der Waals surface area contributed by atoms with E-state index in [0.29, 0.717) is 29.6 Å². The number of anilines is 5. The summed E-state index contributed by atoms with van der Waals surface area (Å²) in [5.74, 6) is 4.29. The molecule has 0 aliphatic heterocycles. The highest BCUT2D eigenvalue weighted by Crippen LogP contribution is 2.52. The van der Waals surface area contributed by atoms with Crippen LogP contribution in [-0.4, -0.2) is 63.9 Å². The number of nitrogens with two attached hydrogens (primary N) is 2. The van der Waals surface area contributed by atoms with E-state index in [1.54, 1.807) is 24.3 Å². The molecule has 23 rings (SSSR count). The highest BCUT2D eigenvalue weighted by atomic mass is 79.9. The molecule has 138 heavy (non-hydrogen) atoms. The van der Waals surface area contributed by atoms with Gasteiger partial charge < -0.3 is 35.4 Å². The lowest BCUT2D eigenvalue weighted by atomic mass is 9.88. The smallest absolute Gasteiger partial charge is 0.412 e. The summed E-state index contributed by atoms with van der Waals surface area (Å²) in [7, 11) is 0. The van der Waals surface area contributed by atoms with Gasteiger partial charge in [-0.05, 0) is 405 Å². The highest BCUT2D eigenvalue weighted by molar-refractivity contribution is 9.10. The van der Waals surface area contributed by atoms with Gasteiger partial charge in [0.2, 0.25) is 0 Å². The summed E-state index contributed by atoms with van der Waals surface area (Å²) in [5.41, 5.74) is 46.0. The van der Waals surface area contributed by atoms with E-state index in [9.17, 15) is 29.8 Å². The number of nitrogen functional groups attached to an aromatic ring is 2. The second-order valence-corrected chi connectivity index (χ2v) is 39.4.